The van der Waals surface area contributed by atoms with Gasteiger partial charge in [-0.05, 0) is 37.6 Å². The number of allylic oxidation sites excluding steroid dienone is 2. The van der Waals surface area contributed by atoms with Crippen LogP contribution in [0.4, 0.5) is 0 Å². The highest BCUT2D eigenvalue weighted by atomic mass is 32.2. The third-order valence-electron chi connectivity index (χ3n) is 3.12. The normalized spacial score (nSPS) is 17.6. The van der Waals surface area contributed by atoms with E-state index < -0.39 is 0 Å². The Bertz CT molecular complexity index is 276. The van der Waals surface area contributed by atoms with Crippen molar-refractivity contribution in [1.29, 1.82) is 0 Å². The molecule has 0 unspecified atom stereocenters. The van der Waals surface area contributed by atoms with Crippen LogP contribution in [0, 0.1) is 0 Å². The fraction of sp³-hybridized carbons (Fsp3) is 0.769. The highest BCUT2D eigenvalue weighted by Crippen LogP contribution is 2.25. The minimum Gasteiger partial charge on any atom is -0.256 e. The first-order chi connectivity index (χ1) is 8.45. The van der Waals surface area contributed by atoms with Crippen LogP contribution in [0.25, 0.3) is 0 Å². The topological polar surface area (TPSA) is 27.6 Å². The lowest BCUT2D eigenvalue weighted by atomic mass is 10.1. The molecule has 0 atom stereocenters. The van der Waals surface area contributed by atoms with Crippen molar-refractivity contribution >= 4 is 18.3 Å². The van der Waals surface area contributed by atoms with Crippen LogP contribution in [-0.4, -0.2) is 23.2 Å². The third-order valence-corrected chi connectivity index (χ3v) is 4.09. The Morgan fingerprint density at radius 3 is 2.65 bits per heavy atom. The second kappa shape index (κ2) is 7.77. The van der Waals surface area contributed by atoms with Crippen molar-refractivity contribution in [1.82, 2.24) is 9.84 Å². The maximum Gasteiger partial charge on any atom is 0.113 e. The lowest BCUT2D eigenvalue weighted by Crippen LogP contribution is -2.24. The lowest BCUT2D eigenvalue weighted by molar-refractivity contribution is 0.551. The molecule has 2 aliphatic rings. The molecule has 0 aromatic rings. The van der Waals surface area contributed by atoms with Crippen LogP contribution in [-0.2, 0) is 0 Å². The zero-order valence-corrected chi connectivity index (χ0v) is 11.3. The largest absolute Gasteiger partial charge is 0.256 e. The van der Waals surface area contributed by atoms with Crippen molar-refractivity contribution in [2.45, 2.75) is 51.4 Å². The fourth-order valence-corrected chi connectivity index (χ4v) is 2.76. The number of hydrogen-bond acceptors (Lipinski definition) is 4. The lowest BCUT2D eigenvalue weighted by Gasteiger charge is -2.11. The average molecular weight is 253 g/mol. The van der Waals surface area contributed by atoms with Crippen molar-refractivity contribution in [3.63, 3.8) is 0 Å². The van der Waals surface area contributed by atoms with Crippen molar-refractivity contribution in [2.75, 3.05) is 12.4 Å². The Hall–Kier alpha value is -0.480. The first-order valence-corrected chi connectivity index (χ1v) is 7.73. The Morgan fingerprint density at radius 1 is 1.18 bits per heavy atom. The van der Waals surface area contributed by atoms with Gasteiger partial charge in [-0.2, -0.15) is 0 Å². The van der Waals surface area contributed by atoms with Gasteiger partial charge in [-0.15, -0.1) is 0 Å². The fourth-order valence-electron chi connectivity index (χ4n) is 1.95. The Morgan fingerprint density at radius 2 is 1.94 bits per heavy atom. The first-order valence-electron chi connectivity index (χ1n) is 6.79. The SMILES string of the molecule is C1=NCNN1SCCCCCCCCC1=CC1. The van der Waals surface area contributed by atoms with Gasteiger partial charge >= 0.3 is 0 Å². The van der Waals surface area contributed by atoms with Gasteiger partial charge in [0, 0.05) is 5.75 Å². The summed E-state index contributed by atoms with van der Waals surface area (Å²) in [6.07, 6.45) is 15.3. The molecule has 1 heterocycles. The molecule has 3 nitrogen and oxygen atoms in total. The van der Waals surface area contributed by atoms with E-state index in [-0.39, 0.29) is 0 Å². The van der Waals surface area contributed by atoms with E-state index in [1.165, 1.54) is 57.1 Å². The monoisotopic (exact) mass is 253 g/mol. The summed E-state index contributed by atoms with van der Waals surface area (Å²) < 4.78 is 2.02. The van der Waals surface area contributed by atoms with Crippen molar-refractivity contribution < 1.29 is 0 Å². The predicted octanol–water partition coefficient (Wildman–Crippen LogP) is 3.50. The number of nitrogens with zero attached hydrogens (tertiary/aromatic N) is 2. The van der Waals surface area contributed by atoms with Gasteiger partial charge in [0.15, 0.2) is 0 Å². The number of rotatable bonds is 10. The molecule has 0 fully saturated rings. The Labute approximate surface area is 109 Å². The maximum atomic E-state index is 4.10. The van der Waals surface area contributed by atoms with Crippen molar-refractivity contribution in [2.24, 2.45) is 4.99 Å². The molecular weight excluding hydrogens is 230 g/mol. The summed E-state index contributed by atoms with van der Waals surface area (Å²) in [4.78, 5) is 4.10. The van der Waals surface area contributed by atoms with E-state index in [1.807, 2.05) is 22.7 Å². The van der Waals surface area contributed by atoms with E-state index in [0.29, 0.717) is 0 Å². The zero-order valence-electron chi connectivity index (χ0n) is 10.5. The molecular formula is C13H23N3S. The second-order valence-electron chi connectivity index (χ2n) is 4.71. The molecule has 1 aliphatic heterocycles. The van der Waals surface area contributed by atoms with Crippen molar-refractivity contribution in [3.8, 4) is 0 Å². The molecule has 0 aromatic carbocycles. The summed E-state index contributed by atoms with van der Waals surface area (Å²) in [6.45, 7) is 0.740. The average Bonchev–Trinajstić information content (AvgIpc) is 3.02. The molecule has 4 heteroatoms. The maximum absolute atomic E-state index is 4.10. The van der Waals surface area contributed by atoms with Crippen LogP contribution >= 0.6 is 11.9 Å². The van der Waals surface area contributed by atoms with Crippen LogP contribution < -0.4 is 5.43 Å². The van der Waals surface area contributed by atoms with Crippen LogP contribution in [0.1, 0.15) is 51.4 Å². The molecule has 0 spiro atoms. The number of nitrogens with one attached hydrogen (secondary N) is 1. The Kier molecular flexibility index (Phi) is 5.93. The number of unbranched alkanes of at least 4 members (excludes halogenated alkanes) is 5. The van der Waals surface area contributed by atoms with Gasteiger partial charge in [0.05, 0.1) is 0 Å². The van der Waals surface area contributed by atoms with E-state index >= 15 is 0 Å². The number of hydrazine groups is 1. The summed E-state index contributed by atoms with van der Waals surface area (Å²) in [7, 11) is 0. The smallest absolute Gasteiger partial charge is 0.113 e. The van der Waals surface area contributed by atoms with Crippen LogP contribution in [0.2, 0.25) is 0 Å². The van der Waals surface area contributed by atoms with Gasteiger partial charge in [-0.25, -0.2) is 9.84 Å². The number of hydrogen-bond donors (Lipinski definition) is 1. The quantitative estimate of drug-likeness (QED) is 0.367. The molecule has 0 radical (unpaired) electrons. The minimum atomic E-state index is 0.740. The molecule has 96 valence electrons. The Balaban J connectivity index is 1.29. The summed E-state index contributed by atoms with van der Waals surface area (Å²) in [5, 5.41) is 0. The van der Waals surface area contributed by atoms with Gasteiger partial charge in [0.1, 0.15) is 13.0 Å². The van der Waals surface area contributed by atoms with Crippen LogP contribution in [0.15, 0.2) is 16.6 Å². The summed E-state index contributed by atoms with van der Waals surface area (Å²) in [6, 6.07) is 0. The third kappa shape index (κ3) is 6.13. The molecule has 1 aliphatic carbocycles. The van der Waals surface area contributed by atoms with E-state index in [0.717, 1.165) is 6.67 Å². The van der Waals surface area contributed by atoms with E-state index in [1.54, 1.807) is 5.57 Å². The number of aliphatic imine (C=N–C) groups is 1. The second-order valence-corrected chi connectivity index (χ2v) is 5.77. The molecule has 2 rings (SSSR count). The molecule has 0 saturated carbocycles. The highest BCUT2D eigenvalue weighted by molar-refractivity contribution is 7.97. The minimum absolute atomic E-state index is 0.740. The van der Waals surface area contributed by atoms with E-state index in [4.69, 9.17) is 0 Å². The van der Waals surface area contributed by atoms with Crippen molar-refractivity contribution in [3.05, 3.63) is 11.6 Å². The summed E-state index contributed by atoms with van der Waals surface area (Å²) in [5.74, 6) is 1.20. The predicted molar refractivity (Wildman–Crippen MR) is 75.8 cm³/mol. The van der Waals surface area contributed by atoms with Gasteiger partial charge < -0.3 is 0 Å². The highest BCUT2D eigenvalue weighted by Gasteiger charge is 2.05. The molecule has 1 N–H and O–H groups in total. The van der Waals surface area contributed by atoms with E-state index in [9.17, 15) is 0 Å². The van der Waals surface area contributed by atoms with Gasteiger partial charge in [0.2, 0.25) is 0 Å². The molecule has 0 aromatic heterocycles. The summed E-state index contributed by atoms with van der Waals surface area (Å²) in [5.41, 5.74) is 4.86. The van der Waals surface area contributed by atoms with Crippen LogP contribution in [0.3, 0.4) is 0 Å². The van der Waals surface area contributed by atoms with E-state index in [2.05, 4.69) is 16.5 Å². The molecule has 0 saturated heterocycles. The first kappa shape index (κ1) is 13.0. The van der Waals surface area contributed by atoms with Gasteiger partial charge in [0.25, 0.3) is 0 Å². The zero-order chi connectivity index (χ0) is 11.8. The summed E-state index contributed by atoms with van der Waals surface area (Å²) >= 11 is 1.83. The van der Waals surface area contributed by atoms with Gasteiger partial charge in [-0.3, -0.25) is 4.99 Å². The molecule has 17 heavy (non-hydrogen) atoms. The van der Waals surface area contributed by atoms with Crippen LogP contribution in [0.5, 0.6) is 0 Å². The standard InChI is InChI=1S/C13H23N3S/c1(3-5-7-13-8-9-13)2-4-6-10-17-16-12-14-11-15-16/h8,12,15H,1-7,9-11H2. The molecule has 0 amide bonds. The molecule has 0 bridgehead atoms. The van der Waals surface area contributed by atoms with Gasteiger partial charge in [-0.1, -0.05) is 37.3 Å².